The van der Waals surface area contributed by atoms with Crippen LogP contribution in [0.3, 0.4) is 0 Å². The average Bonchev–Trinajstić information content (AvgIpc) is 3.33. The molecular formula is C22H22F4N8O. The molecule has 0 saturated carbocycles. The van der Waals surface area contributed by atoms with Crippen molar-refractivity contribution in [2.75, 3.05) is 43.5 Å². The van der Waals surface area contributed by atoms with Crippen molar-refractivity contribution in [2.45, 2.75) is 18.6 Å². The molecule has 35 heavy (non-hydrogen) atoms. The van der Waals surface area contributed by atoms with E-state index in [0.717, 1.165) is 6.07 Å². The molecule has 1 amide bonds. The van der Waals surface area contributed by atoms with Gasteiger partial charge in [-0.25, -0.2) is 9.37 Å². The second-order valence-electron chi connectivity index (χ2n) is 8.78. The van der Waals surface area contributed by atoms with Crippen molar-refractivity contribution in [1.82, 2.24) is 29.9 Å². The number of amides is 1. The van der Waals surface area contributed by atoms with Crippen LogP contribution < -0.4 is 9.80 Å². The van der Waals surface area contributed by atoms with E-state index in [9.17, 15) is 22.4 Å². The molecule has 2 atom stereocenters. The smallest absolute Gasteiger partial charge is 0.351 e. The van der Waals surface area contributed by atoms with Crippen LogP contribution in [0.5, 0.6) is 0 Å². The summed E-state index contributed by atoms with van der Waals surface area (Å²) in [6, 6.07) is 4.92. The van der Waals surface area contributed by atoms with E-state index >= 15 is 0 Å². The molecule has 0 unspecified atom stereocenters. The highest BCUT2D eigenvalue weighted by Crippen LogP contribution is 2.39. The van der Waals surface area contributed by atoms with Crippen molar-refractivity contribution in [3.05, 3.63) is 53.7 Å². The first-order valence-electron chi connectivity index (χ1n) is 11.0. The number of benzene rings is 1. The lowest BCUT2D eigenvalue weighted by Crippen LogP contribution is -2.65. The minimum Gasteiger partial charge on any atom is -0.351 e. The second kappa shape index (κ2) is 8.47. The van der Waals surface area contributed by atoms with E-state index in [4.69, 9.17) is 0 Å². The number of fused-ring (bicyclic) bond motifs is 1. The fourth-order valence-electron chi connectivity index (χ4n) is 4.55. The summed E-state index contributed by atoms with van der Waals surface area (Å²) in [6.07, 6.45) is -1.12. The first kappa shape index (κ1) is 23.0. The van der Waals surface area contributed by atoms with E-state index < -0.39 is 23.6 Å². The summed E-state index contributed by atoms with van der Waals surface area (Å²) in [5, 5.41) is 8.01. The zero-order chi connectivity index (χ0) is 24.9. The number of alkyl halides is 3. The predicted octanol–water partition coefficient (Wildman–Crippen LogP) is 2.63. The highest BCUT2D eigenvalue weighted by molar-refractivity contribution is 5.98. The van der Waals surface area contributed by atoms with Crippen LogP contribution in [-0.2, 0) is 6.18 Å². The van der Waals surface area contributed by atoms with Gasteiger partial charge in [-0.15, -0.1) is 0 Å². The predicted molar refractivity (Wildman–Crippen MR) is 118 cm³/mol. The van der Waals surface area contributed by atoms with Gasteiger partial charge in [-0.05, 0) is 18.6 Å². The number of likely N-dealkylation sites (tertiary alicyclic amines) is 1. The zero-order valence-corrected chi connectivity index (χ0v) is 18.9. The summed E-state index contributed by atoms with van der Waals surface area (Å²) < 4.78 is 55.1. The summed E-state index contributed by atoms with van der Waals surface area (Å²) in [4.78, 5) is 27.2. The van der Waals surface area contributed by atoms with E-state index in [0.29, 0.717) is 19.5 Å². The second-order valence-corrected chi connectivity index (χ2v) is 8.78. The first-order chi connectivity index (χ1) is 16.6. The van der Waals surface area contributed by atoms with Crippen LogP contribution in [0.2, 0.25) is 0 Å². The molecule has 0 radical (unpaired) electrons. The molecule has 1 aromatic carbocycles. The fraction of sp³-hybridized carbons (Fsp3) is 0.409. The van der Waals surface area contributed by atoms with Gasteiger partial charge in [0.1, 0.15) is 22.9 Å². The van der Waals surface area contributed by atoms with E-state index in [1.807, 2.05) is 0 Å². The number of halogens is 4. The molecule has 2 aliphatic rings. The molecule has 5 rings (SSSR count). The van der Waals surface area contributed by atoms with Crippen LogP contribution in [0.1, 0.15) is 22.5 Å². The van der Waals surface area contributed by atoms with Crippen molar-refractivity contribution in [3.8, 4) is 5.69 Å². The lowest BCUT2D eigenvalue weighted by atomic mass is 9.82. The molecule has 0 aliphatic carbocycles. The molecule has 2 aromatic heterocycles. The van der Waals surface area contributed by atoms with Gasteiger partial charge in [-0.2, -0.15) is 33.1 Å². The van der Waals surface area contributed by atoms with Crippen LogP contribution in [0.4, 0.5) is 29.3 Å². The molecule has 13 heteroatoms. The zero-order valence-electron chi connectivity index (χ0n) is 18.9. The molecule has 184 valence electrons. The fourth-order valence-corrected chi connectivity index (χ4v) is 4.55. The molecule has 0 bridgehead atoms. The molecule has 4 heterocycles. The van der Waals surface area contributed by atoms with Crippen LogP contribution in [-0.4, -0.2) is 75.5 Å². The average molecular weight is 490 g/mol. The van der Waals surface area contributed by atoms with Crippen molar-refractivity contribution < 1.29 is 22.4 Å². The third-order valence-corrected chi connectivity index (χ3v) is 6.37. The SMILES string of the molecule is CN(C)c1nc(N2C[C@@H]3CCN(C(=O)c4c(F)cccc4-n4nccn4)C[C@@H]32)cc(C(F)(F)F)n1. The van der Waals surface area contributed by atoms with Crippen molar-refractivity contribution >= 4 is 17.7 Å². The Kier molecular flexibility index (Phi) is 5.56. The third-order valence-electron chi connectivity index (χ3n) is 6.37. The molecular weight excluding hydrogens is 468 g/mol. The molecule has 2 fully saturated rings. The van der Waals surface area contributed by atoms with Gasteiger partial charge in [0, 0.05) is 45.7 Å². The number of carbonyl (C=O) groups is 1. The summed E-state index contributed by atoms with van der Waals surface area (Å²) in [5.74, 6) is -0.922. The maximum atomic E-state index is 14.8. The van der Waals surface area contributed by atoms with Crippen LogP contribution in [0.25, 0.3) is 5.69 Å². The summed E-state index contributed by atoms with van der Waals surface area (Å²) >= 11 is 0. The lowest BCUT2D eigenvalue weighted by Gasteiger charge is -2.54. The molecule has 2 saturated heterocycles. The van der Waals surface area contributed by atoms with Gasteiger partial charge < -0.3 is 14.7 Å². The number of nitrogens with zero attached hydrogens (tertiary/aromatic N) is 8. The number of rotatable bonds is 4. The van der Waals surface area contributed by atoms with Crippen molar-refractivity contribution in [1.29, 1.82) is 0 Å². The van der Waals surface area contributed by atoms with Crippen molar-refractivity contribution in [3.63, 3.8) is 0 Å². The maximum Gasteiger partial charge on any atom is 0.433 e. The molecule has 3 aromatic rings. The van der Waals surface area contributed by atoms with E-state index in [1.54, 1.807) is 25.1 Å². The Balaban J connectivity index is 1.42. The highest BCUT2D eigenvalue weighted by atomic mass is 19.4. The van der Waals surface area contributed by atoms with Crippen LogP contribution >= 0.6 is 0 Å². The van der Waals surface area contributed by atoms with Crippen LogP contribution in [0.15, 0.2) is 36.7 Å². The number of hydrogen-bond donors (Lipinski definition) is 0. The summed E-state index contributed by atoms with van der Waals surface area (Å²) in [7, 11) is 3.14. The van der Waals surface area contributed by atoms with Gasteiger partial charge in [0.25, 0.3) is 5.91 Å². The Morgan fingerprint density at radius 2 is 1.86 bits per heavy atom. The number of aromatic nitrogens is 5. The summed E-state index contributed by atoms with van der Waals surface area (Å²) in [5.41, 5.74) is -0.959. The van der Waals surface area contributed by atoms with E-state index in [2.05, 4.69) is 20.2 Å². The topological polar surface area (TPSA) is 83.3 Å². The van der Waals surface area contributed by atoms with Gasteiger partial charge in [0.15, 0.2) is 5.69 Å². The van der Waals surface area contributed by atoms with Gasteiger partial charge in [-0.1, -0.05) is 6.07 Å². The summed E-state index contributed by atoms with van der Waals surface area (Å²) in [6.45, 7) is 1.16. The quantitative estimate of drug-likeness (QED) is 0.520. The monoisotopic (exact) mass is 490 g/mol. The molecule has 0 N–H and O–H groups in total. The largest absolute Gasteiger partial charge is 0.433 e. The van der Waals surface area contributed by atoms with Gasteiger partial charge in [-0.3, -0.25) is 4.79 Å². The molecule has 9 nitrogen and oxygen atoms in total. The minimum atomic E-state index is -4.62. The lowest BCUT2D eigenvalue weighted by molar-refractivity contribution is -0.141. The standard InChI is InChI=1S/C22H22F4N8O/c1-31(2)21-29-17(22(24,25)26)10-18(30-21)33-11-13-6-9-32(12-16(13)33)20(35)19-14(23)4-3-5-15(19)34-27-7-8-28-34/h3-5,7-8,10,13,16H,6,9,11-12H2,1-2H3/t13-,16-/m0/s1. The maximum absolute atomic E-state index is 14.8. The highest BCUT2D eigenvalue weighted by Gasteiger charge is 2.46. The Labute approximate surface area is 198 Å². The van der Waals surface area contributed by atoms with Gasteiger partial charge in [0.2, 0.25) is 5.95 Å². The van der Waals surface area contributed by atoms with E-state index in [1.165, 1.54) is 39.1 Å². The number of anilines is 2. The minimum absolute atomic E-state index is 0.0512. The van der Waals surface area contributed by atoms with Gasteiger partial charge >= 0.3 is 6.18 Å². The van der Waals surface area contributed by atoms with Gasteiger partial charge in [0.05, 0.1) is 18.4 Å². The third kappa shape index (κ3) is 4.15. The number of carbonyl (C=O) groups excluding carboxylic acids is 1. The Bertz CT molecular complexity index is 1250. The molecule has 0 spiro atoms. The van der Waals surface area contributed by atoms with Crippen LogP contribution in [0, 0.1) is 11.7 Å². The Morgan fingerprint density at radius 1 is 1.11 bits per heavy atom. The van der Waals surface area contributed by atoms with E-state index in [-0.39, 0.29) is 41.5 Å². The Hall–Kier alpha value is -3.77. The Morgan fingerprint density at radius 3 is 2.54 bits per heavy atom. The van der Waals surface area contributed by atoms with Crippen molar-refractivity contribution in [2.24, 2.45) is 5.92 Å². The normalized spacial score (nSPS) is 19.8. The molecule has 2 aliphatic heterocycles. The first-order valence-corrected chi connectivity index (χ1v) is 11.0. The number of hydrogen-bond acceptors (Lipinski definition) is 7. The number of piperidine rings is 1.